The maximum Gasteiger partial charge on any atom is 0.337 e. The predicted octanol–water partition coefficient (Wildman–Crippen LogP) is 5.57. The van der Waals surface area contributed by atoms with Crippen molar-refractivity contribution >= 4 is 41.2 Å². The largest absolute Gasteiger partial charge is 0.478 e. The van der Waals surface area contributed by atoms with E-state index in [4.69, 9.17) is 27.9 Å². The van der Waals surface area contributed by atoms with Gasteiger partial charge in [-0.2, -0.15) is 0 Å². The molecule has 1 heterocycles. The fourth-order valence-electron chi connectivity index (χ4n) is 3.52. The molecule has 3 rings (SSSR count). The summed E-state index contributed by atoms with van der Waals surface area (Å²) in [6.45, 7) is 3.41. The number of halogens is 2. The molecule has 1 aliphatic rings. The van der Waals surface area contributed by atoms with Crippen LogP contribution in [0.4, 0.5) is 0 Å². The van der Waals surface area contributed by atoms with Gasteiger partial charge in [-0.15, -0.1) is 0 Å². The van der Waals surface area contributed by atoms with E-state index >= 15 is 0 Å². The molecular weight excluding hydrogens is 437 g/mol. The lowest BCUT2D eigenvalue weighted by molar-refractivity contribution is -0.138. The second kappa shape index (κ2) is 9.86. The van der Waals surface area contributed by atoms with Gasteiger partial charge in [0.2, 0.25) is 0 Å². The number of hydrogen-bond acceptors (Lipinski definition) is 4. The normalized spacial score (nSPS) is 16.5. The smallest absolute Gasteiger partial charge is 0.337 e. The van der Waals surface area contributed by atoms with Crippen LogP contribution in [0.1, 0.15) is 30.9 Å². The number of hydrogen-bond donors (Lipinski definition) is 2. The number of carboxylic acid groups (broad SMARTS) is 1. The van der Waals surface area contributed by atoms with Gasteiger partial charge in [0.15, 0.2) is 0 Å². The quantitative estimate of drug-likeness (QED) is 0.554. The van der Waals surface area contributed by atoms with Crippen molar-refractivity contribution in [3.63, 3.8) is 0 Å². The zero-order valence-electron chi connectivity index (χ0n) is 17.0. The highest BCUT2D eigenvalue weighted by atomic mass is 35.5. The molecule has 2 aromatic carbocycles. The molecular formula is C24H21Cl2NO4. The van der Waals surface area contributed by atoms with Crippen molar-refractivity contribution < 1.29 is 19.4 Å². The van der Waals surface area contributed by atoms with Gasteiger partial charge in [0.25, 0.3) is 0 Å². The van der Waals surface area contributed by atoms with Crippen molar-refractivity contribution in [1.29, 1.82) is 0 Å². The molecule has 1 atom stereocenters. The van der Waals surface area contributed by atoms with Crippen LogP contribution >= 0.6 is 23.2 Å². The summed E-state index contributed by atoms with van der Waals surface area (Å²) < 4.78 is 5.44. The number of allylic oxidation sites excluding steroid dienone is 2. The van der Waals surface area contributed by atoms with Crippen LogP contribution in [0.3, 0.4) is 0 Å². The van der Waals surface area contributed by atoms with E-state index in [1.807, 2.05) is 36.4 Å². The number of esters is 1. The van der Waals surface area contributed by atoms with E-state index in [0.29, 0.717) is 22.0 Å². The first-order valence-corrected chi connectivity index (χ1v) is 10.3. The average molecular weight is 458 g/mol. The Morgan fingerprint density at radius 3 is 2.35 bits per heavy atom. The Bertz CT molecular complexity index is 1100. The monoisotopic (exact) mass is 457 g/mol. The van der Waals surface area contributed by atoms with E-state index < -0.39 is 17.9 Å². The molecule has 2 aromatic rings. The summed E-state index contributed by atoms with van der Waals surface area (Å²) in [5, 5.41) is 13.4. The Labute approximate surface area is 190 Å². The first-order chi connectivity index (χ1) is 14.8. The standard InChI is InChI=1S/C24H21Cl2NO4/c1-14-20(23(28)29)22(17-10-11-18(25)19(26)13-17)21(15(2)27-14)24(30)31-12-6-9-16-7-4-3-5-8-16/h3-11,13,22,27H,12H2,1-2H3,(H,28,29). The summed E-state index contributed by atoms with van der Waals surface area (Å²) in [5.74, 6) is -2.59. The zero-order chi connectivity index (χ0) is 22.5. The van der Waals surface area contributed by atoms with Crippen molar-refractivity contribution in [2.45, 2.75) is 19.8 Å². The van der Waals surface area contributed by atoms with Gasteiger partial charge in [0, 0.05) is 11.4 Å². The number of rotatable bonds is 6. The molecule has 2 N–H and O–H groups in total. The molecule has 7 heteroatoms. The lowest BCUT2D eigenvalue weighted by Gasteiger charge is -2.29. The van der Waals surface area contributed by atoms with Gasteiger partial charge in [-0.3, -0.25) is 0 Å². The lowest BCUT2D eigenvalue weighted by Crippen LogP contribution is -2.31. The summed E-state index contributed by atoms with van der Waals surface area (Å²) in [5.41, 5.74) is 2.76. The van der Waals surface area contributed by atoms with Crippen molar-refractivity contribution in [3.8, 4) is 0 Å². The molecule has 1 aliphatic heterocycles. The summed E-state index contributed by atoms with van der Waals surface area (Å²) in [4.78, 5) is 25.1. The number of aliphatic carboxylic acids is 1. The van der Waals surface area contributed by atoms with Crippen molar-refractivity contribution in [2.75, 3.05) is 6.61 Å². The third-order valence-corrected chi connectivity index (χ3v) is 5.65. The van der Waals surface area contributed by atoms with E-state index in [1.54, 1.807) is 38.1 Å². The molecule has 0 amide bonds. The van der Waals surface area contributed by atoms with Gasteiger partial charge >= 0.3 is 11.9 Å². The molecule has 0 saturated carbocycles. The van der Waals surface area contributed by atoms with E-state index in [0.717, 1.165) is 5.56 Å². The van der Waals surface area contributed by atoms with Gasteiger partial charge in [-0.05, 0) is 43.2 Å². The maximum atomic E-state index is 13.0. The Morgan fingerprint density at radius 2 is 1.71 bits per heavy atom. The molecule has 0 radical (unpaired) electrons. The lowest BCUT2D eigenvalue weighted by atomic mass is 9.80. The minimum absolute atomic E-state index is 0.0453. The molecule has 0 bridgehead atoms. The molecule has 5 nitrogen and oxygen atoms in total. The fraction of sp³-hybridized carbons (Fsp3) is 0.167. The SMILES string of the molecule is CC1=C(C(=O)O)C(c2ccc(Cl)c(Cl)c2)C(C(=O)OCC=Cc2ccccc2)=C(C)N1. The van der Waals surface area contributed by atoms with Gasteiger partial charge in [0.1, 0.15) is 6.61 Å². The summed E-state index contributed by atoms with van der Waals surface area (Å²) in [6, 6.07) is 14.4. The molecule has 0 aromatic heterocycles. The van der Waals surface area contributed by atoms with Crippen LogP contribution in [-0.2, 0) is 14.3 Å². The Balaban J connectivity index is 1.90. The first kappa shape index (κ1) is 22.7. The second-order valence-corrected chi connectivity index (χ2v) is 7.84. The average Bonchev–Trinajstić information content (AvgIpc) is 2.73. The van der Waals surface area contributed by atoms with Crippen LogP contribution in [0.15, 0.2) is 77.1 Å². The Hall–Kier alpha value is -3.02. The van der Waals surface area contributed by atoms with Gasteiger partial charge < -0.3 is 15.2 Å². The third-order valence-electron chi connectivity index (χ3n) is 4.91. The third kappa shape index (κ3) is 5.19. The number of benzene rings is 2. The maximum absolute atomic E-state index is 13.0. The number of nitrogens with one attached hydrogen (secondary N) is 1. The van der Waals surface area contributed by atoms with Gasteiger partial charge in [-0.1, -0.05) is 65.7 Å². The molecule has 0 saturated heterocycles. The van der Waals surface area contributed by atoms with Crippen LogP contribution in [0.25, 0.3) is 6.08 Å². The molecule has 31 heavy (non-hydrogen) atoms. The highest BCUT2D eigenvalue weighted by molar-refractivity contribution is 6.42. The van der Waals surface area contributed by atoms with Crippen LogP contribution in [0, 0.1) is 0 Å². The minimum Gasteiger partial charge on any atom is -0.478 e. The van der Waals surface area contributed by atoms with E-state index in [-0.39, 0.29) is 22.8 Å². The summed E-state index contributed by atoms with van der Waals surface area (Å²) >= 11 is 12.2. The highest BCUT2D eigenvalue weighted by Crippen LogP contribution is 2.40. The number of dihydropyridines is 1. The van der Waals surface area contributed by atoms with Crippen molar-refractivity contribution in [1.82, 2.24) is 5.32 Å². The van der Waals surface area contributed by atoms with E-state index in [2.05, 4.69) is 5.32 Å². The van der Waals surface area contributed by atoms with Crippen molar-refractivity contribution in [2.24, 2.45) is 0 Å². The number of carbonyl (C=O) groups is 2. The van der Waals surface area contributed by atoms with Gasteiger partial charge in [-0.25, -0.2) is 9.59 Å². The number of ether oxygens (including phenoxy) is 1. The Morgan fingerprint density at radius 1 is 1.03 bits per heavy atom. The van der Waals surface area contributed by atoms with Crippen molar-refractivity contribution in [3.05, 3.63) is 98.3 Å². The van der Waals surface area contributed by atoms with Gasteiger partial charge in [0.05, 0.1) is 27.1 Å². The zero-order valence-corrected chi connectivity index (χ0v) is 18.5. The molecule has 0 aliphatic carbocycles. The second-order valence-electron chi connectivity index (χ2n) is 7.03. The van der Waals surface area contributed by atoms with Crippen LogP contribution in [-0.4, -0.2) is 23.7 Å². The molecule has 160 valence electrons. The number of carboxylic acids is 1. The summed E-state index contributed by atoms with van der Waals surface area (Å²) in [7, 11) is 0. The molecule has 1 unspecified atom stereocenters. The van der Waals surface area contributed by atoms with Crippen LogP contribution in [0.2, 0.25) is 10.0 Å². The summed E-state index contributed by atoms with van der Waals surface area (Å²) in [6.07, 6.45) is 3.57. The minimum atomic E-state index is -1.14. The van der Waals surface area contributed by atoms with E-state index in [1.165, 1.54) is 0 Å². The molecule has 0 fully saturated rings. The van der Waals surface area contributed by atoms with Crippen LogP contribution < -0.4 is 5.32 Å². The molecule has 0 spiro atoms. The van der Waals surface area contributed by atoms with Crippen LogP contribution in [0.5, 0.6) is 0 Å². The topological polar surface area (TPSA) is 75.6 Å². The predicted molar refractivity (Wildman–Crippen MR) is 122 cm³/mol. The Kier molecular flexibility index (Phi) is 7.21. The van der Waals surface area contributed by atoms with E-state index in [9.17, 15) is 14.7 Å². The number of carbonyl (C=O) groups excluding carboxylic acids is 1. The fourth-order valence-corrected chi connectivity index (χ4v) is 3.83. The highest BCUT2D eigenvalue weighted by Gasteiger charge is 2.37. The first-order valence-electron chi connectivity index (χ1n) is 9.55.